The lowest BCUT2D eigenvalue weighted by Crippen LogP contribution is -2.66. The molecule has 5 atom stereocenters. The van der Waals surface area contributed by atoms with E-state index in [0.717, 1.165) is 27.8 Å². The minimum atomic E-state index is -2.31. The van der Waals surface area contributed by atoms with E-state index in [1.54, 1.807) is 0 Å². The Hall–Kier alpha value is -1.80. The van der Waals surface area contributed by atoms with Crippen molar-refractivity contribution in [1.82, 2.24) is 0 Å². The van der Waals surface area contributed by atoms with E-state index < -0.39 is 36.1 Å². The van der Waals surface area contributed by atoms with Gasteiger partial charge < -0.3 is 30.6 Å². The highest BCUT2D eigenvalue weighted by Gasteiger charge is 2.54. The van der Waals surface area contributed by atoms with Gasteiger partial charge in [-0.05, 0) is 45.2 Å². The molecule has 1 unspecified atom stereocenters. The number of rotatable bonds is 11. The molecule has 0 aliphatic rings. The molecule has 6 heteroatoms. The number of hydrogen-bond donors (Lipinski definition) is 6. The number of hydrogen-bond acceptors (Lipinski definition) is 6. The zero-order valence-electron chi connectivity index (χ0n) is 20.4. The van der Waals surface area contributed by atoms with E-state index in [0.29, 0.717) is 12.0 Å². The standard InChI is InChI=1S/C27H40O6/c1-6-7-26(32,14-21-10-17(2)8-18(3)11-21)25(31)27(33,24(30)23(29)16-28)15-22-12-19(4)9-20(5)13-22/h8-13,23-25,28-33H,6-7,14-16H2,1-5H3/t23-,24+,25+,26?,27+/m0/s1. The molecule has 0 saturated carbocycles. The molecule has 0 spiro atoms. The van der Waals surface area contributed by atoms with Crippen LogP contribution in [0.15, 0.2) is 36.4 Å². The predicted octanol–water partition coefficient (Wildman–Crippen LogP) is 2.04. The summed E-state index contributed by atoms with van der Waals surface area (Å²) in [6, 6.07) is 11.5. The van der Waals surface area contributed by atoms with Gasteiger partial charge in [-0.3, -0.25) is 0 Å². The molecule has 2 rings (SSSR count). The zero-order chi connectivity index (χ0) is 25.0. The van der Waals surface area contributed by atoms with Gasteiger partial charge in [0.25, 0.3) is 0 Å². The third-order valence-electron chi connectivity index (χ3n) is 6.29. The SMILES string of the molecule is CCCC(O)(Cc1cc(C)cc(C)c1)[C@@H](O)[C@@](O)(Cc1cc(C)cc(C)c1)[C@H](O)[C@@H](O)CO. The van der Waals surface area contributed by atoms with Gasteiger partial charge in [0.15, 0.2) is 0 Å². The molecule has 33 heavy (non-hydrogen) atoms. The maximum Gasteiger partial charge on any atom is 0.126 e. The fourth-order valence-corrected chi connectivity index (χ4v) is 5.04. The Morgan fingerprint density at radius 3 is 1.55 bits per heavy atom. The molecule has 0 aromatic heterocycles. The number of benzene rings is 2. The van der Waals surface area contributed by atoms with E-state index >= 15 is 0 Å². The van der Waals surface area contributed by atoms with Crippen molar-refractivity contribution in [2.24, 2.45) is 0 Å². The van der Waals surface area contributed by atoms with Gasteiger partial charge in [-0.15, -0.1) is 0 Å². The minimum Gasteiger partial charge on any atom is -0.394 e. The first-order chi connectivity index (χ1) is 15.3. The van der Waals surface area contributed by atoms with E-state index in [9.17, 15) is 30.6 Å². The number of aryl methyl sites for hydroxylation is 4. The largest absolute Gasteiger partial charge is 0.394 e. The first kappa shape index (κ1) is 27.4. The quantitative estimate of drug-likeness (QED) is 0.305. The Morgan fingerprint density at radius 1 is 0.727 bits per heavy atom. The zero-order valence-corrected chi connectivity index (χ0v) is 20.4. The normalized spacial score (nSPS) is 18.3. The van der Waals surface area contributed by atoms with Crippen LogP contribution in [0.1, 0.15) is 53.1 Å². The Balaban J connectivity index is 2.54. The molecule has 0 radical (unpaired) electrons. The van der Waals surface area contributed by atoms with Crippen LogP contribution in [0.5, 0.6) is 0 Å². The van der Waals surface area contributed by atoms with Crippen molar-refractivity contribution in [1.29, 1.82) is 0 Å². The van der Waals surface area contributed by atoms with Crippen LogP contribution in [-0.2, 0) is 12.8 Å². The van der Waals surface area contributed by atoms with E-state index in [2.05, 4.69) is 0 Å². The molecule has 184 valence electrons. The molecular weight excluding hydrogens is 420 g/mol. The molecule has 0 aliphatic carbocycles. The Bertz CT molecular complexity index is 888. The lowest BCUT2D eigenvalue weighted by Gasteiger charge is -2.46. The van der Waals surface area contributed by atoms with Crippen LogP contribution >= 0.6 is 0 Å². The summed E-state index contributed by atoms with van der Waals surface area (Å²) in [4.78, 5) is 0. The van der Waals surface area contributed by atoms with Crippen LogP contribution in [0, 0.1) is 27.7 Å². The fraction of sp³-hybridized carbons (Fsp3) is 0.556. The van der Waals surface area contributed by atoms with E-state index in [4.69, 9.17) is 0 Å². The van der Waals surface area contributed by atoms with Crippen LogP contribution in [0.3, 0.4) is 0 Å². The van der Waals surface area contributed by atoms with E-state index in [1.165, 1.54) is 0 Å². The monoisotopic (exact) mass is 460 g/mol. The Kier molecular flexibility index (Phi) is 9.22. The first-order valence-electron chi connectivity index (χ1n) is 11.6. The number of aliphatic hydroxyl groups is 6. The van der Waals surface area contributed by atoms with Crippen LogP contribution in [0.2, 0.25) is 0 Å². The lowest BCUT2D eigenvalue weighted by molar-refractivity contribution is -0.230. The smallest absolute Gasteiger partial charge is 0.126 e. The average Bonchev–Trinajstić information content (AvgIpc) is 2.70. The van der Waals surface area contributed by atoms with Crippen LogP contribution in [-0.4, -0.2) is 66.8 Å². The second kappa shape index (κ2) is 11.1. The maximum atomic E-state index is 11.7. The van der Waals surface area contributed by atoms with Crippen molar-refractivity contribution >= 4 is 0 Å². The third-order valence-corrected chi connectivity index (χ3v) is 6.29. The Morgan fingerprint density at radius 2 is 1.15 bits per heavy atom. The first-order valence-corrected chi connectivity index (χ1v) is 11.6. The summed E-state index contributed by atoms with van der Waals surface area (Å²) in [6.45, 7) is 8.76. The summed E-state index contributed by atoms with van der Waals surface area (Å²) < 4.78 is 0. The molecule has 0 fully saturated rings. The van der Waals surface area contributed by atoms with Gasteiger partial charge in [0.2, 0.25) is 0 Å². The van der Waals surface area contributed by atoms with Gasteiger partial charge in [-0.1, -0.05) is 72.0 Å². The Labute approximate surface area is 197 Å². The molecule has 0 saturated heterocycles. The fourth-order valence-electron chi connectivity index (χ4n) is 5.04. The third kappa shape index (κ3) is 6.63. The van der Waals surface area contributed by atoms with E-state index in [1.807, 2.05) is 71.0 Å². The second-order valence-corrected chi connectivity index (χ2v) is 9.79. The summed E-state index contributed by atoms with van der Waals surface area (Å²) in [5, 5.41) is 65.4. The molecule has 2 aromatic rings. The van der Waals surface area contributed by atoms with Crippen molar-refractivity contribution in [3.05, 3.63) is 69.8 Å². The predicted molar refractivity (Wildman–Crippen MR) is 129 cm³/mol. The molecule has 6 N–H and O–H groups in total. The molecule has 2 aromatic carbocycles. The lowest BCUT2D eigenvalue weighted by atomic mass is 9.71. The van der Waals surface area contributed by atoms with Crippen molar-refractivity contribution < 1.29 is 30.6 Å². The average molecular weight is 461 g/mol. The summed E-state index contributed by atoms with van der Waals surface area (Å²) in [6.07, 6.45) is -4.85. The second-order valence-electron chi connectivity index (χ2n) is 9.79. The van der Waals surface area contributed by atoms with Crippen molar-refractivity contribution in [3.63, 3.8) is 0 Å². The highest BCUT2D eigenvalue weighted by atomic mass is 16.4. The summed E-state index contributed by atoms with van der Waals surface area (Å²) >= 11 is 0. The van der Waals surface area contributed by atoms with Gasteiger partial charge in [0, 0.05) is 12.8 Å². The van der Waals surface area contributed by atoms with Crippen LogP contribution in [0.25, 0.3) is 0 Å². The van der Waals surface area contributed by atoms with Gasteiger partial charge in [-0.2, -0.15) is 0 Å². The summed E-state index contributed by atoms with van der Waals surface area (Å²) in [5.41, 5.74) is 1.26. The molecular formula is C27H40O6. The topological polar surface area (TPSA) is 121 Å². The minimum absolute atomic E-state index is 0.0572. The summed E-state index contributed by atoms with van der Waals surface area (Å²) in [5.74, 6) is 0. The highest BCUT2D eigenvalue weighted by Crippen LogP contribution is 2.35. The van der Waals surface area contributed by atoms with Crippen molar-refractivity contribution in [3.8, 4) is 0 Å². The van der Waals surface area contributed by atoms with Crippen molar-refractivity contribution in [2.75, 3.05) is 6.61 Å². The molecule has 0 amide bonds. The van der Waals surface area contributed by atoms with Gasteiger partial charge in [0.05, 0.1) is 12.2 Å². The molecule has 0 bridgehead atoms. The van der Waals surface area contributed by atoms with Crippen LogP contribution in [0.4, 0.5) is 0 Å². The van der Waals surface area contributed by atoms with E-state index in [-0.39, 0.29) is 19.3 Å². The highest BCUT2D eigenvalue weighted by molar-refractivity contribution is 5.32. The summed E-state index contributed by atoms with van der Waals surface area (Å²) in [7, 11) is 0. The van der Waals surface area contributed by atoms with Crippen molar-refractivity contribution in [2.45, 2.75) is 89.8 Å². The van der Waals surface area contributed by atoms with Crippen LogP contribution < -0.4 is 0 Å². The van der Waals surface area contributed by atoms with Gasteiger partial charge in [0.1, 0.15) is 23.9 Å². The molecule has 6 nitrogen and oxygen atoms in total. The molecule has 0 heterocycles. The number of aliphatic hydroxyl groups excluding tert-OH is 4. The van der Waals surface area contributed by atoms with Gasteiger partial charge in [-0.25, -0.2) is 0 Å². The van der Waals surface area contributed by atoms with Gasteiger partial charge >= 0.3 is 0 Å². The maximum absolute atomic E-state index is 11.7. The molecule has 0 aliphatic heterocycles.